The van der Waals surface area contributed by atoms with E-state index in [0.29, 0.717) is 31.0 Å². The fourth-order valence-corrected chi connectivity index (χ4v) is 3.40. The molecule has 0 aliphatic rings. The largest absolute Gasteiger partial charge is 0.356 e. The van der Waals surface area contributed by atoms with Gasteiger partial charge in [-0.1, -0.05) is 24.3 Å². The van der Waals surface area contributed by atoms with Crippen LogP contribution in [0, 0.1) is 12.7 Å². The van der Waals surface area contributed by atoms with Crippen molar-refractivity contribution in [3.8, 4) is 0 Å². The van der Waals surface area contributed by atoms with E-state index in [4.69, 9.17) is 0 Å². The fraction of sp³-hybridized carbons (Fsp3) is 0.350. The summed E-state index contributed by atoms with van der Waals surface area (Å²) >= 11 is 1.74. The summed E-state index contributed by atoms with van der Waals surface area (Å²) in [5.41, 5.74) is 0.692. The van der Waals surface area contributed by atoms with Gasteiger partial charge in [0.05, 0.1) is 0 Å². The quantitative estimate of drug-likeness (QED) is 0.451. The summed E-state index contributed by atoms with van der Waals surface area (Å²) in [6.45, 7) is 3.69. The molecular formula is C20H25FN6S. The molecule has 0 fully saturated rings. The topological polar surface area (TPSA) is 67.1 Å². The second kappa shape index (κ2) is 9.98. The first-order valence-corrected chi connectivity index (χ1v) is 10.1. The zero-order valence-corrected chi connectivity index (χ0v) is 17.0. The van der Waals surface area contributed by atoms with E-state index in [9.17, 15) is 4.39 Å². The van der Waals surface area contributed by atoms with Crippen molar-refractivity contribution in [3.63, 3.8) is 0 Å². The lowest BCUT2D eigenvalue weighted by Crippen LogP contribution is -2.39. The summed E-state index contributed by atoms with van der Waals surface area (Å²) < 4.78 is 15.7. The maximum Gasteiger partial charge on any atom is 0.191 e. The van der Waals surface area contributed by atoms with Crippen molar-refractivity contribution in [1.82, 2.24) is 25.4 Å². The van der Waals surface area contributed by atoms with Gasteiger partial charge in [-0.05, 0) is 42.8 Å². The molecule has 1 aromatic carbocycles. The Kier molecular flexibility index (Phi) is 7.13. The van der Waals surface area contributed by atoms with Gasteiger partial charge in [0.15, 0.2) is 11.8 Å². The zero-order chi connectivity index (χ0) is 19.8. The van der Waals surface area contributed by atoms with Gasteiger partial charge in [-0.15, -0.1) is 21.5 Å². The van der Waals surface area contributed by atoms with Gasteiger partial charge in [-0.2, -0.15) is 0 Å². The smallest absolute Gasteiger partial charge is 0.191 e. The average molecular weight is 401 g/mol. The molecule has 0 aliphatic carbocycles. The third-order valence-electron chi connectivity index (χ3n) is 4.45. The molecule has 8 heteroatoms. The van der Waals surface area contributed by atoms with E-state index >= 15 is 0 Å². The highest BCUT2D eigenvalue weighted by atomic mass is 32.1. The van der Waals surface area contributed by atoms with Crippen LogP contribution >= 0.6 is 11.3 Å². The summed E-state index contributed by atoms with van der Waals surface area (Å²) in [5.74, 6) is 2.16. The molecule has 6 nitrogen and oxygen atoms in total. The third-order valence-corrected chi connectivity index (χ3v) is 5.39. The number of halogens is 1. The molecule has 0 radical (unpaired) electrons. The van der Waals surface area contributed by atoms with Gasteiger partial charge in [0.1, 0.15) is 18.2 Å². The molecule has 0 amide bonds. The number of hydrogen-bond donors (Lipinski definition) is 2. The van der Waals surface area contributed by atoms with E-state index in [1.165, 1.54) is 10.9 Å². The number of aryl methyl sites for hydroxylation is 1. The lowest BCUT2D eigenvalue weighted by molar-refractivity contribution is 0.606. The molecule has 148 valence electrons. The lowest BCUT2D eigenvalue weighted by Gasteiger charge is -2.13. The van der Waals surface area contributed by atoms with E-state index in [1.807, 2.05) is 24.6 Å². The van der Waals surface area contributed by atoms with Crippen LogP contribution in [0.5, 0.6) is 0 Å². The highest BCUT2D eigenvalue weighted by Crippen LogP contribution is 2.08. The average Bonchev–Trinajstić information content (AvgIpc) is 3.32. The third kappa shape index (κ3) is 5.63. The molecule has 0 saturated heterocycles. The molecule has 2 aromatic heterocycles. The monoisotopic (exact) mass is 400 g/mol. The molecule has 0 aliphatic heterocycles. The molecule has 0 unspecified atom stereocenters. The Hall–Kier alpha value is -2.74. The molecule has 0 atom stereocenters. The van der Waals surface area contributed by atoms with Crippen LogP contribution in [0.2, 0.25) is 0 Å². The van der Waals surface area contributed by atoms with Crippen molar-refractivity contribution in [2.24, 2.45) is 12.0 Å². The number of nitrogens with zero attached hydrogens (tertiary/aromatic N) is 4. The first-order chi connectivity index (χ1) is 13.6. The molecule has 2 heterocycles. The van der Waals surface area contributed by atoms with E-state index in [0.717, 1.165) is 24.6 Å². The fourth-order valence-electron chi connectivity index (χ4n) is 2.69. The van der Waals surface area contributed by atoms with Crippen LogP contribution in [-0.2, 0) is 26.4 Å². The minimum Gasteiger partial charge on any atom is -0.356 e. The van der Waals surface area contributed by atoms with E-state index < -0.39 is 0 Å². The molecule has 28 heavy (non-hydrogen) atoms. The number of rotatable bonds is 8. The Bertz CT molecular complexity index is 903. The van der Waals surface area contributed by atoms with Gasteiger partial charge >= 0.3 is 0 Å². The van der Waals surface area contributed by atoms with Crippen LogP contribution in [0.1, 0.15) is 22.1 Å². The molecule has 2 N–H and O–H groups in total. The molecule has 3 rings (SSSR count). The number of aliphatic imine (C=N–C) groups is 1. The Morgan fingerprint density at radius 2 is 1.89 bits per heavy atom. The number of nitrogens with one attached hydrogen (secondary N) is 2. The van der Waals surface area contributed by atoms with Gasteiger partial charge in [0.2, 0.25) is 0 Å². The maximum absolute atomic E-state index is 13.8. The molecule has 0 bridgehead atoms. The highest BCUT2D eigenvalue weighted by Gasteiger charge is 2.06. The second-order valence-corrected chi connectivity index (χ2v) is 7.44. The van der Waals surface area contributed by atoms with Gasteiger partial charge in [-0.3, -0.25) is 0 Å². The minimum atomic E-state index is -0.178. The van der Waals surface area contributed by atoms with E-state index in [2.05, 4.69) is 43.3 Å². The normalized spacial score (nSPS) is 11.6. The maximum atomic E-state index is 13.8. The van der Waals surface area contributed by atoms with Gasteiger partial charge in [0.25, 0.3) is 0 Å². The number of thiophene rings is 1. The lowest BCUT2D eigenvalue weighted by atomic mass is 10.1. The van der Waals surface area contributed by atoms with Crippen molar-refractivity contribution in [2.75, 3.05) is 13.1 Å². The zero-order valence-electron chi connectivity index (χ0n) is 16.2. The Morgan fingerprint density at radius 1 is 1.11 bits per heavy atom. The molecular weight excluding hydrogens is 375 g/mol. The van der Waals surface area contributed by atoms with Crippen LogP contribution in [0.4, 0.5) is 4.39 Å². The summed E-state index contributed by atoms with van der Waals surface area (Å²) in [4.78, 5) is 5.94. The van der Waals surface area contributed by atoms with Crippen molar-refractivity contribution in [2.45, 2.75) is 26.3 Å². The summed E-state index contributed by atoms with van der Waals surface area (Å²) in [6, 6.07) is 11.0. The summed E-state index contributed by atoms with van der Waals surface area (Å²) in [7, 11) is 1.93. The van der Waals surface area contributed by atoms with Crippen LogP contribution in [0.3, 0.4) is 0 Å². The van der Waals surface area contributed by atoms with Crippen molar-refractivity contribution in [3.05, 3.63) is 69.7 Å². The van der Waals surface area contributed by atoms with E-state index in [1.54, 1.807) is 23.5 Å². The molecule has 3 aromatic rings. The predicted octanol–water partition coefficient (Wildman–Crippen LogP) is 2.84. The number of benzene rings is 1. The highest BCUT2D eigenvalue weighted by molar-refractivity contribution is 7.09. The van der Waals surface area contributed by atoms with Crippen molar-refractivity contribution in [1.29, 1.82) is 0 Å². The van der Waals surface area contributed by atoms with Crippen molar-refractivity contribution >= 4 is 17.3 Å². The van der Waals surface area contributed by atoms with Crippen LogP contribution in [0.25, 0.3) is 0 Å². The second-order valence-electron chi connectivity index (χ2n) is 6.41. The Morgan fingerprint density at radius 3 is 2.57 bits per heavy atom. The SMILES string of the molecule is Cc1nnc(CN=C(NCCc2cccs2)NCCc2ccccc2F)n1C. The number of aromatic nitrogens is 3. The molecule has 0 saturated carbocycles. The van der Waals surface area contributed by atoms with Crippen molar-refractivity contribution < 1.29 is 4.39 Å². The summed E-state index contributed by atoms with van der Waals surface area (Å²) in [6.07, 6.45) is 1.51. The first kappa shape index (κ1) is 20.0. The van der Waals surface area contributed by atoms with Crippen LogP contribution in [0.15, 0.2) is 46.8 Å². The van der Waals surface area contributed by atoms with E-state index in [-0.39, 0.29) is 5.82 Å². The first-order valence-electron chi connectivity index (χ1n) is 9.26. The Balaban J connectivity index is 1.58. The van der Waals surface area contributed by atoms with Gasteiger partial charge in [0, 0.05) is 25.0 Å². The standard InChI is InChI=1S/C20H25FN6S/c1-15-25-26-19(27(15)2)14-24-20(23-12-10-17-7-5-13-28-17)22-11-9-16-6-3-4-8-18(16)21/h3-8,13H,9-12,14H2,1-2H3,(H2,22,23,24). The van der Waals surface area contributed by atoms with Crippen LogP contribution in [-0.4, -0.2) is 33.8 Å². The number of hydrogen-bond acceptors (Lipinski definition) is 4. The van der Waals surface area contributed by atoms with Gasteiger partial charge in [-0.25, -0.2) is 9.38 Å². The Labute approximate surface area is 168 Å². The van der Waals surface area contributed by atoms with Crippen LogP contribution < -0.4 is 10.6 Å². The minimum absolute atomic E-state index is 0.178. The van der Waals surface area contributed by atoms with Gasteiger partial charge < -0.3 is 15.2 Å². The molecule has 0 spiro atoms. The summed E-state index contributed by atoms with van der Waals surface area (Å²) in [5, 5.41) is 16.9. The predicted molar refractivity (Wildman–Crippen MR) is 111 cm³/mol. The number of guanidine groups is 1.